The molecule has 0 amide bonds. The molecule has 1 unspecified atom stereocenters. The highest BCUT2D eigenvalue weighted by molar-refractivity contribution is 5.30. The zero-order valence-corrected chi connectivity index (χ0v) is 11.4. The molecule has 0 aliphatic heterocycles. The van der Waals surface area contributed by atoms with E-state index in [-0.39, 0.29) is 6.04 Å². The molecular weight excluding hydrogens is 222 g/mol. The Kier molecular flexibility index (Phi) is 5.06. The molecule has 0 spiro atoms. The van der Waals surface area contributed by atoms with Gasteiger partial charge in [-0.15, -0.1) is 0 Å². The van der Waals surface area contributed by atoms with Gasteiger partial charge in [-0.3, -0.25) is 0 Å². The van der Waals surface area contributed by atoms with Crippen LogP contribution >= 0.6 is 0 Å². The van der Waals surface area contributed by atoms with Gasteiger partial charge in [-0.05, 0) is 37.0 Å². The van der Waals surface area contributed by atoms with Crippen LogP contribution in [-0.4, -0.2) is 6.61 Å². The van der Waals surface area contributed by atoms with Crippen molar-refractivity contribution in [1.82, 2.24) is 0 Å². The van der Waals surface area contributed by atoms with E-state index in [1.165, 1.54) is 37.7 Å². The molecule has 0 heterocycles. The fourth-order valence-electron chi connectivity index (χ4n) is 2.92. The third-order valence-corrected chi connectivity index (χ3v) is 3.91. The first-order valence-electron chi connectivity index (χ1n) is 7.28. The molecule has 18 heavy (non-hydrogen) atoms. The van der Waals surface area contributed by atoms with Crippen molar-refractivity contribution in [2.24, 2.45) is 11.7 Å². The van der Waals surface area contributed by atoms with Gasteiger partial charge in [-0.1, -0.05) is 44.2 Å². The van der Waals surface area contributed by atoms with E-state index in [1.54, 1.807) is 0 Å². The summed E-state index contributed by atoms with van der Waals surface area (Å²) >= 11 is 0. The van der Waals surface area contributed by atoms with E-state index in [0.717, 1.165) is 18.1 Å². The minimum atomic E-state index is 0.161. The summed E-state index contributed by atoms with van der Waals surface area (Å²) in [6.45, 7) is 2.72. The van der Waals surface area contributed by atoms with Gasteiger partial charge >= 0.3 is 0 Å². The lowest BCUT2D eigenvalue weighted by atomic mass is 9.83. The van der Waals surface area contributed by atoms with Crippen LogP contribution < -0.4 is 10.5 Å². The zero-order valence-electron chi connectivity index (χ0n) is 11.4. The van der Waals surface area contributed by atoms with E-state index in [9.17, 15) is 0 Å². The maximum atomic E-state index is 6.34. The van der Waals surface area contributed by atoms with Gasteiger partial charge in [0.1, 0.15) is 5.75 Å². The first-order valence-corrected chi connectivity index (χ1v) is 7.28. The van der Waals surface area contributed by atoms with Gasteiger partial charge in [-0.25, -0.2) is 0 Å². The normalized spacial score (nSPS) is 18.6. The minimum Gasteiger partial charge on any atom is -0.494 e. The van der Waals surface area contributed by atoms with Crippen molar-refractivity contribution in [3.05, 3.63) is 29.8 Å². The molecule has 2 rings (SSSR count). The summed E-state index contributed by atoms with van der Waals surface area (Å²) in [7, 11) is 0. The predicted octanol–water partition coefficient (Wildman–Crippen LogP) is 4.06. The van der Waals surface area contributed by atoms with E-state index < -0.39 is 0 Å². The lowest BCUT2D eigenvalue weighted by molar-refractivity contribution is 0.317. The summed E-state index contributed by atoms with van der Waals surface area (Å²) < 4.78 is 5.53. The number of benzene rings is 1. The number of nitrogens with two attached hydrogens (primary N) is 1. The van der Waals surface area contributed by atoms with E-state index in [1.807, 2.05) is 19.1 Å². The molecule has 1 saturated carbocycles. The number of hydrogen-bond acceptors (Lipinski definition) is 2. The van der Waals surface area contributed by atoms with E-state index >= 15 is 0 Å². The number of ether oxygens (including phenoxy) is 1. The minimum absolute atomic E-state index is 0.161. The molecule has 1 aromatic carbocycles. The van der Waals surface area contributed by atoms with Crippen LogP contribution in [0, 0.1) is 5.92 Å². The number of rotatable bonds is 5. The van der Waals surface area contributed by atoms with E-state index in [4.69, 9.17) is 10.5 Å². The van der Waals surface area contributed by atoms with Crippen LogP contribution in [0.5, 0.6) is 5.75 Å². The van der Waals surface area contributed by atoms with Gasteiger partial charge in [0, 0.05) is 6.04 Å². The summed E-state index contributed by atoms with van der Waals surface area (Å²) in [5.41, 5.74) is 7.55. The number of hydrogen-bond donors (Lipinski definition) is 1. The molecule has 2 nitrogen and oxygen atoms in total. The topological polar surface area (TPSA) is 35.2 Å². The molecule has 1 aliphatic carbocycles. The van der Waals surface area contributed by atoms with Crippen LogP contribution in [0.2, 0.25) is 0 Å². The van der Waals surface area contributed by atoms with Gasteiger partial charge in [0.25, 0.3) is 0 Å². The Labute approximate surface area is 111 Å². The Morgan fingerprint density at radius 2 is 2.06 bits per heavy atom. The largest absolute Gasteiger partial charge is 0.494 e. The summed E-state index contributed by atoms with van der Waals surface area (Å²) in [6, 6.07) is 8.42. The average Bonchev–Trinajstić information content (AvgIpc) is 2.40. The van der Waals surface area contributed by atoms with Gasteiger partial charge in [-0.2, -0.15) is 0 Å². The SMILES string of the molecule is CCOc1cccc(C(N)CC2CCCCC2)c1. The molecule has 0 radical (unpaired) electrons. The molecule has 0 aromatic heterocycles. The van der Waals surface area contributed by atoms with Gasteiger partial charge in [0.05, 0.1) is 6.61 Å². The molecule has 1 atom stereocenters. The lowest BCUT2D eigenvalue weighted by Crippen LogP contribution is -2.17. The highest BCUT2D eigenvalue weighted by Crippen LogP contribution is 2.31. The molecular formula is C16H25NO. The fourth-order valence-corrected chi connectivity index (χ4v) is 2.92. The second-order valence-corrected chi connectivity index (χ2v) is 5.35. The van der Waals surface area contributed by atoms with Gasteiger partial charge in [0.2, 0.25) is 0 Å². The Bertz CT molecular complexity index is 358. The molecule has 1 aliphatic rings. The summed E-state index contributed by atoms with van der Waals surface area (Å²) in [6.07, 6.45) is 8.02. The Morgan fingerprint density at radius 3 is 2.78 bits per heavy atom. The molecule has 100 valence electrons. The summed E-state index contributed by atoms with van der Waals surface area (Å²) in [5.74, 6) is 1.76. The van der Waals surface area contributed by atoms with E-state index in [0.29, 0.717) is 6.61 Å². The van der Waals surface area contributed by atoms with Crippen LogP contribution in [0.4, 0.5) is 0 Å². The third-order valence-electron chi connectivity index (χ3n) is 3.91. The zero-order chi connectivity index (χ0) is 12.8. The Hall–Kier alpha value is -1.02. The maximum Gasteiger partial charge on any atom is 0.119 e. The quantitative estimate of drug-likeness (QED) is 0.851. The van der Waals surface area contributed by atoms with Crippen LogP contribution in [0.1, 0.15) is 57.1 Å². The maximum absolute atomic E-state index is 6.34. The van der Waals surface area contributed by atoms with Gasteiger partial charge < -0.3 is 10.5 Å². The molecule has 2 heteroatoms. The van der Waals surface area contributed by atoms with Crippen LogP contribution in [-0.2, 0) is 0 Å². The highest BCUT2D eigenvalue weighted by Gasteiger charge is 2.17. The highest BCUT2D eigenvalue weighted by atomic mass is 16.5. The predicted molar refractivity (Wildman–Crippen MR) is 75.7 cm³/mol. The second-order valence-electron chi connectivity index (χ2n) is 5.35. The molecule has 0 bridgehead atoms. The summed E-state index contributed by atoms with van der Waals surface area (Å²) in [5, 5.41) is 0. The molecule has 1 fully saturated rings. The average molecular weight is 247 g/mol. The molecule has 1 aromatic rings. The lowest BCUT2D eigenvalue weighted by Gasteiger charge is -2.24. The van der Waals surface area contributed by atoms with Crippen molar-refractivity contribution < 1.29 is 4.74 Å². The monoisotopic (exact) mass is 247 g/mol. The first kappa shape index (κ1) is 13.4. The van der Waals surface area contributed by atoms with Crippen molar-refractivity contribution in [2.45, 2.75) is 51.5 Å². The fraction of sp³-hybridized carbons (Fsp3) is 0.625. The van der Waals surface area contributed by atoms with E-state index in [2.05, 4.69) is 12.1 Å². The molecule has 0 saturated heterocycles. The Balaban J connectivity index is 1.94. The first-order chi connectivity index (χ1) is 8.79. The molecule has 2 N–H and O–H groups in total. The van der Waals surface area contributed by atoms with Crippen molar-refractivity contribution in [2.75, 3.05) is 6.61 Å². The third kappa shape index (κ3) is 3.74. The van der Waals surface area contributed by atoms with Crippen molar-refractivity contribution in [3.63, 3.8) is 0 Å². The van der Waals surface area contributed by atoms with Gasteiger partial charge in [0.15, 0.2) is 0 Å². The van der Waals surface area contributed by atoms with Crippen molar-refractivity contribution >= 4 is 0 Å². The summed E-state index contributed by atoms with van der Waals surface area (Å²) in [4.78, 5) is 0. The van der Waals surface area contributed by atoms with Crippen molar-refractivity contribution in [1.29, 1.82) is 0 Å². The van der Waals surface area contributed by atoms with Crippen LogP contribution in [0.15, 0.2) is 24.3 Å². The smallest absolute Gasteiger partial charge is 0.119 e. The Morgan fingerprint density at radius 1 is 1.28 bits per heavy atom. The van der Waals surface area contributed by atoms with Crippen LogP contribution in [0.3, 0.4) is 0 Å². The standard InChI is InChI=1S/C16H25NO/c1-2-18-15-10-6-9-14(12-15)16(17)11-13-7-4-3-5-8-13/h6,9-10,12-13,16H,2-5,7-8,11,17H2,1H3. The van der Waals surface area contributed by atoms with Crippen molar-refractivity contribution in [3.8, 4) is 5.75 Å². The second kappa shape index (κ2) is 6.79. The van der Waals surface area contributed by atoms with Crippen LogP contribution in [0.25, 0.3) is 0 Å².